The van der Waals surface area contributed by atoms with Gasteiger partial charge in [-0.25, -0.2) is 0 Å². The van der Waals surface area contributed by atoms with Crippen LogP contribution in [-0.4, -0.2) is 35.5 Å². The molecule has 43 heavy (non-hydrogen) atoms. The number of benzene rings is 3. The third-order valence-corrected chi connectivity index (χ3v) is 8.52. The van der Waals surface area contributed by atoms with Crippen molar-refractivity contribution in [3.8, 4) is 23.0 Å². The molecule has 1 amide bonds. The summed E-state index contributed by atoms with van der Waals surface area (Å²) in [5, 5.41) is 13.9. The fraction of sp³-hybridized carbons (Fsp3) is 0.294. The van der Waals surface area contributed by atoms with Gasteiger partial charge in [0.05, 0.1) is 12.7 Å². The summed E-state index contributed by atoms with van der Waals surface area (Å²) in [5.74, 6) is -3.80. The smallest absolute Gasteiger partial charge is 0.259 e. The molecule has 0 saturated heterocycles. The first-order valence-electron chi connectivity index (χ1n) is 13.9. The standard InChI is InChI=1S/C34H33NO8/c1-17-12-21(16-42-22-10-8-7-9-11-22)18(2)19(3)23(17)15-35-33(40)29-26(41-6)13-25(38)30-31(29)43-27-14-24(37)28(20(4)36)32(39)34(27,30)5/h7-14,28,38H,15-16H2,1-6H3,(H,35,40)/t28?,34-/m1/s1. The molecule has 3 aromatic rings. The lowest BCUT2D eigenvalue weighted by atomic mass is 9.67. The number of allylic oxidation sites excluding steroid dienone is 2. The molecule has 1 aliphatic carbocycles. The lowest BCUT2D eigenvalue weighted by Gasteiger charge is -2.30. The minimum Gasteiger partial charge on any atom is -0.507 e. The predicted molar refractivity (Wildman–Crippen MR) is 158 cm³/mol. The molecule has 0 spiro atoms. The van der Waals surface area contributed by atoms with Crippen molar-refractivity contribution in [2.24, 2.45) is 5.92 Å². The number of hydrogen-bond acceptors (Lipinski definition) is 8. The van der Waals surface area contributed by atoms with Gasteiger partial charge in [-0.1, -0.05) is 24.3 Å². The van der Waals surface area contributed by atoms with E-state index in [0.717, 1.165) is 39.6 Å². The van der Waals surface area contributed by atoms with E-state index in [0.29, 0.717) is 6.61 Å². The Labute approximate surface area is 249 Å². The highest BCUT2D eigenvalue weighted by atomic mass is 16.5. The van der Waals surface area contributed by atoms with Crippen molar-refractivity contribution in [1.82, 2.24) is 5.32 Å². The Morgan fingerprint density at radius 2 is 1.77 bits per heavy atom. The average Bonchev–Trinajstić information content (AvgIpc) is 3.27. The van der Waals surface area contributed by atoms with Crippen LogP contribution in [0.3, 0.4) is 0 Å². The zero-order valence-corrected chi connectivity index (χ0v) is 24.9. The van der Waals surface area contributed by atoms with Crippen LogP contribution in [0.15, 0.2) is 54.3 Å². The number of hydrogen-bond donors (Lipinski definition) is 2. The summed E-state index contributed by atoms with van der Waals surface area (Å²) in [7, 11) is 1.34. The Kier molecular flexibility index (Phi) is 7.60. The van der Waals surface area contributed by atoms with Gasteiger partial charge in [0.2, 0.25) is 0 Å². The molecule has 9 nitrogen and oxygen atoms in total. The van der Waals surface area contributed by atoms with Gasteiger partial charge in [-0.05, 0) is 74.6 Å². The molecule has 2 aliphatic rings. The normalized spacial score (nSPS) is 18.7. The van der Waals surface area contributed by atoms with Crippen molar-refractivity contribution < 1.29 is 38.5 Å². The molecule has 1 aliphatic heterocycles. The topological polar surface area (TPSA) is 128 Å². The van der Waals surface area contributed by atoms with Crippen molar-refractivity contribution in [3.63, 3.8) is 0 Å². The summed E-state index contributed by atoms with van der Waals surface area (Å²) in [6.07, 6.45) is 1.10. The Morgan fingerprint density at radius 3 is 2.42 bits per heavy atom. The first-order valence-corrected chi connectivity index (χ1v) is 13.9. The van der Waals surface area contributed by atoms with Crippen LogP contribution in [0.25, 0.3) is 0 Å². The second kappa shape index (κ2) is 11.1. The molecule has 0 fully saturated rings. The molecular weight excluding hydrogens is 550 g/mol. The Morgan fingerprint density at radius 1 is 1.07 bits per heavy atom. The van der Waals surface area contributed by atoms with E-state index in [2.05, 4.69) is 5.32 Å². The van der Waals surface area contributed by atoms with E-state index in [1.54, 1.807) is 0 Å². The van der Waals surface area contributed by atoms with E-state index < -0.39 is 34.6 Å². The highest BCUT2D eigenvalue weighted by Crippen LogP contribution is 2.56. The van der Waals surface area contributed by atoms with Gasteiger partial charge in [0.15, 0.2) is 17.3 Å². The molecule has 0 saturated carbocycles. The number of nitrogens with one attached hydrogen (secondary N) is 1. The first-order chi connectivity index (χ1) is 20.4. The zero-order valence-electron chi connectivity index (χ0n) is 24.9. The number of amides is 1. The van der Waals surface area contributed by atoms with Gasteiger partial charge in [-0.15, -0.1) is 0 Å². The van der Waals surface area contributed by atoms with Gasteiger partial charge in [-0.2, -0.15) is 0 Å². The minimum atomic E-state index is -1.63. The number of methoxy groups -OCH3 is 1. The summed E-state index contributed by atoms with van der Waals surface area (Å²) < 4.78 is 17.3. The van der Waals surface area contributed by atoms with Crippen molar-refractivity contribution in [1.29, 1.82) is 0 Å². The van der Waals surface area contributed by atoms with Gasteiger partial charge < -0.3 is 24.6 Å². The maximum atomic E-state index is 13.7. The molecule has 9 heteroatoms. The Balaban J connectivity index is 1.46. The van der Waals surface area contributed by atoms with E-state index in [9.17, 15) is 24.3 Å². The number of carbonyl (C=O) groups is 4. The molecule has 2 N–H and O–H groups in total. The summed E-state index contributed by atoms with van der Waals surface area (Å²) in [6.45, 7) is 9.19. The number of rotatable bonds is 8. The fourth-order valence-electron chi connectivity index (χ4n) is 5.93. The van der Waals surface area contributed by atoms with Gasteiger partial charge in [0.25, 0.3) is 5.91 Å². The maximum absolute atomic E-state index is 13.7. The number of phenols is 1. The third kappa shape index (κ3) is 4.84. The third-order valence-electron chi connectivity index (χ3n) is 8.52. The van der Waals surface area contributed by atoms with Crippen molar-refractivity contribution in [2.45, 2.75) is 53.2 Å². The summed E-state index contributed by atoms with van der Waals surface area (Å²) in [5.41, 5.74) is 3.33. The summed E-state index contributed by atoms with van der Waals surface area (Å²) in [6, 6.07) is 12.8. The number of aryl methyl sites for hydroxylation is 1. The highest BCUT2D eigenvalue weighted by Gasteiger charge is 2.58. The van der Waals surface area contributed by atoms with E-state index in [1.807, 2.05) is 57.2 Å². The largest absolute Gasteiger partial charge is 0.507 e. The molecular formula is C34H33NO8. The molecule has 3 aromatic carbocycles. The maximum Gasteiger partial charge on any atom is 0.259 e. The van der Waals surface area contributed by atoms with Crippen LogP contribution in [0.2, 0.25) is 0 Å². The molecule has 0 bridgehead atoms. The molecule has 5 rings (SSSR count). The van der Waals surface area contributed by atoms with Crippen molar-refractivity contribution in [3.05, 3.63) is 93.2 Å². The average molecular weight is 584 g/mol. The van der Waals surface area contributed by atoms with E-state index in [1.165, 1.54) is 27.0 Å². The van der Waals surface area contributed by atoms with Crippen LogP contribution >= 0.6 is 0 Å². The minimum absolute atomic E-state index is 0.0134. The number of aromatic hydroxyl groups is 1. The molecule has 1 heterocycles. The zero-order chi connectivity index (χ0) is 31.2. The summed E-state index contributed by atoms with van der Waals surface area (Å²) in [4.78, 5) is 52.0. The Hall–Kier alpha value is -4.92. The van der Waals surface area contributed by atoms with Gasteiger partial charge in [0.1, 0.15) is 52.3 Å². The van der Waals surface area contributed by atoms with Crippen molar-refractivity contribution >= 4 is 23.3 Å². The lowest BCUT2D eigenvalue weighted by molar-refractivity contribution is -0.140. The number of phenolic OH excluding ortho intramolecular Hbond substituents is 1. The van der Waals surface area contributed by atoms with Crippen molar-refractivity contribution in [2.75, 3.05) is 7.11 Å². The number of para-hydroxylation sites is 1. The van der Waals surface area contributed by atoms with Gasteiger partial charge >= 0.3 is 0 Å². The second-order valence-electron chi connectivity index (χ2n) is 11.1. The molecule has 222 valence electrons. The number of ether oxygens (including phenoxy) is 3. The van der Waals surface area contributed by atoms with Crippen LogP contribution in [0.1, 0.15) is 57.6 Å². The van der Waals surface area contributed by atoms with Gasteiger partial charge in [-0.3, -0.25) is 19.2 Å². The quantitative estimate of drug-likeness (QED) is 0.365. The molecule has 1 unspecified atom stereocenters. The number of carbonyl (C=O) groups excluding carboxylic acids is 4. The molecule has 2 atom stereocenters. The lowest BCUT2D eigenvalue weighted by Crippen LogP contribution is -2.47. The summed E-state index contributed by atoms with van der Waals surface area (Å²) >= 11 is 0. The van der Waals surface area contributed by atoms with Crippen LogP contribution < -0.4 is 19.5 Å². The fourth-order valence-corrected chi connectivity index (χ4v) is 5.93. The molecule has 0 aromatic heterocycles. The van der Waals surface area contributed by atoms with E-state index >= 15 is 0 Å². The SMILES string of the molecule is COc1cc(O)c2c(c1C(=O)NCc1c(C)cc(COc3ccccc3)c(C)c1C)OC1=CC(=O)C(C(C)=O)C(=O)[C@]12C. The van der Waals surface area contributed by atoms with Crippen LogP contribution in [0, 0.1) is 26.7 Å². The number of Topliss-reactive ketones (excluding diaryl/α,β-unsaturated/α-hetero) is 2. The second-order valence-corrected chi connectivity index (χ2v) is 11.1. The van der Waals surface area contributed by atoms with Crippen LogP contribution in [0.5, 0.6) is 23.0 Å². The monoisotopic (exact) mass is 583 g/mol. The first kappa shape index (κ1) is 29.6. The number of fused-ring (bicyclic) bond motifs is 3. The Bertz CT molecular complexity index is 1720. The van der Waals surface area contributed by atoms with E-state index in [4.69, 9.17) is 14.2 Å². The van der Waals surface area contributed by atoms with E-state index in [-0.39, 0.29) is 40.7 Å². The molecule has 0 radical (unpaired) electrons. The van der Waals surface area contributed by atoms with Crippen LogP contribution in [0.4, 0.5) is 0 Å². The van der Waals surface area contributed by atoms with Crippen LogP contribution in [-0.2, 0) is 33.0 Å². The number of ketones is 3. The predicted octanol–water partition coefficient (Wildman–Crippen LogP) is 4.73. The highest BCUT2D eigenvalue weighted by molar-refractivity contribution is 6.27. The van der Waals surface area contributed by atoms with Gasteiger partial charge in [0, 0.05) is 18.7 Å².